The zero-order valence-electron chi connectivity index (χ0n) is 20.5. The van der Waals surface area contributed by atoms with Crippen molar-refractivity contribution in [1.82, 2.24) is 4.90 Å². The number of amidine groups is 1. The van der Waals surface area contributed by atoms with Crippen molar-refractivity contribution in [3.05, 3.63) is 22.3 Å². The average molecular weight is 437 g/mol. The van der Waals surface area contributed by atoms with Gasteiger partial charge in [0.1, 0.15) is 17.2 Å². The van der Waals surface area contributed by atoms with E-state index in [0.29, 0.717) is 17.2 Å². The molecule has 0 fully saturated rings. The number of ether oxygens (including phenoxy) is 1. The van der Waals surface area contributed by atoms with Crippen molar-refractivity contribution < 1.29 is 13.2 Å². The SMILES string of the molecule is CCC/C(=N\S(=O)(=O)c1c(C)c(C)c2c(c1C)CCC(C)(C)O2)N(C(C)C)C(C)C. The van der Waals surface area contributed by atoms with Gasteiger partial charge in [0.15, 0.2) is 0 Å². The van der Waals surface area contributed by atoms with E-state index in [1.165, 1.54) is 0 Å². The summed E-state index contributed by atoms with van der Waals surface area (Å²) in [6, 6.07) is 0.349. The molecular formula is C24H40N2O3S. The Morgan fingerprint density at radius 2 is 1.63 bits per heavy atom. The molecule has 0 radical (unpaired) electrons. The topological polar surface area (TPSA) is 59.0 Å². The van der Waals surface area contributed by atoms with Crippen molar-refractivity contribution in [2.75, 3.05) is 0 Å². The molecule has 0 saturated carbocycles. The van der Waals surface area contributed by atoms with Crippen LogP contribution < -0.4 is 4.74 Å². The lowest BCUT2D eigenvalue weighted by Crippen LogP contribution is -2.42. The maximum Gasteiger partial charge on any atom is 0.284 e. The standard InChI is InChI=1S/C24H40N2O3S/c1-11-12-21(26(15(2)3)16(4)5)25-30(27,28)23-18(7)17(6)22-20(19(23)8)13-14-24(9,10)29-22/h15-16H,11-14H2,1-10H3/b25-21+. The van der Waals surface area contributed by atoms with E-state index in [-0.39, 0.29) is 17.7 Å². The Bertz CT molecular complexity index is 921. The first-order valence-corrected chi connectivity index (χ1v) is 12.6. The maximum atomic E-state index is 13.6. The molecule has 0 N–H and O–H groups in total. The van der Waals surface area contributed by atoms with Crippen LogP contribution >= 0.6 is 0 Å². The summed E-state index contributed by atoms with van der Waals surface area (Å²) in [4.78, 5) is 2.46. The predicted molar refractivity (Wildman–Crippen MR) is 125 cm³/mol. The van der Waals surface area contributed by atoms with Crippen LogP contribution in [0.4, 0.5) is 0 Å². The average Bonchev–Trinajstić information content (AvgIpc) is 2.58. The van der Waals surface area contributed by atoms with Gasteiger partial charge in [0.25, 0.3) is 10.0 Å². The van der Waals surface area contributed by atoms with E-state index >= 15 is 0 Å². The van der Waals surface area contributed by atoms with Gasteiger partial charge in [-0.2, -0.15) is 8.42 Å². The first-order chi connectivity index (χ1) is 13.7. The molecule has 170 valence electrons. The molecule has 0 bridgehead atoms. The van der Waals surface area contributed by atoms with Crippen LogP contribution in [0.1, 0.15) is 90.0 Å². The molecule has 5 nitrogen and oxygen atoms in total. The van der Waals surface area contributed by atoms with Crippen LogP contribution in [0.5, 0.6) is 5.75 Å². The van der Waals surface area contributed by atoms with Gasteiger partial charge in [0.2, 0.25) is 0 Å². The Morgan fingerprint density at radius 3 is 2.13 bits per heavy atom. The van der Waals surface area contributed by atoms with E-state index in [2.05, 4.69) is 57.8 Å². The Kier molecular flexibility index (Phi) is 7.33. The largest absolute Gasteiger partial charge is 0.487 e. The summed E-state index contributed by atoms with van der Waals surface area (Å²) in [7, 11) is -3.85. The molecule has 0 aliphatic carbocycles. The first kappa shape index (κ1) is 24.7. The Balaban J connectivity index is 2.70. The molecule has 30 heavy (non-hydrogen) atoms. The van der Waals surface area contributed by atoms with Crippen LogP contribution in [-0.2, 0) is 16.4 Å². The Labute approximate surface area is 184 Å². The molecule has 1 aromatic rings. The third-order valence-corrected chi connectivity index (χ3v) is 7.61. The highest BCUT2D eigenvalue weighted by Gasteiger charge is 2.34. The molecular weight excluding hydrogens is 396 g/mol. The fourth-order valence-corrected chi connectivity index (χ4v) is 6.16. The monoisotopic (exact) mass is 436 g/mol. The van der Waals surface area contributed by atoms with Gasteiger partial charge in [0, 0.05) is 18.5 Å². The minimum absolute atomic E-state index is 0.175. The van der Waals surface area contributed by atoms with Gasteiger partial charge in [-0.1, -0.05) is 6.92 Å². The lowest BCUT2D eigenvalue weighted by atomic mass is 9.88. The van der Waals surface area contributed by atoms with Crippen molar-refractivity contribution in [3.8, 4) is 5.75 Å². The number of sulfonamides is 1. The molecule has 0 saturated heterocycles. The van der Waals surface area contributed by atoms with Gasteiger partial charge in [-0.25, -0.2) is 0 Å². The second kappa shape index (κ2) is 8.89. The minimum atomic E-state index is -3.85. The molecule has 1 aliphatic heterocycles. The summed E-state index contributed by atoms with van der Waals surface area (Å²) in [5, 5.41) is 0. The van der Waals surface area contributed by atoms with Crippen molar-refractivity contribution >= 4 is 15.9 Å². The van der Waals surface area contributed by atoms with Crippen LogP contribution in [0.15, 0.2) is 9.29 Å². The summed E-state index contributed by atoms with van der Waals surface area (Å²) in [6.07, 6.45) is 3.15. The van der Waals surface area contributed by atoms with Gasteiger partial charge < -0.3 is 9.64 Å². The van der Waals surface area contributed by atoms with E-state index in [1.54, 1.807) is 0 Å². The molecule has 1 aromatic carbocycles. The molecule has 2 rings (SSSR count). The Hall–Kier alpha value is -1.56. The lowest BCUT2D eigenvalue weighted by molar-refractivity contribution is 0.0832. The van der Waals surface area contributed by atoms with Gasteiger partial charge in [0.05, 0.1) is 4.90 Å². The highest BCUT2D eigenvalue weighted by Crippen LogP contribution is 2.42. The number of benzene rings is 1. The third kappa shape index (κ3) is 4.84. The van der Waals surface area contributed by atoms with E-state index in [0.717, 1.165) is 47.3 Å². The van der Waals surface area contributed by atoms with Gasteiger partial charge in [-0.05, 0) is 104 Å². The summed E-state index contributed by atoms with van der Waals surface area (Å²) in [5.74, 6) is 1.50. The smallest absolute Gasteiger partial charge is 0.284 e. The first-order valence-electron chi connectivity index (χ1n) is 11.2. The van der Waals surface area contributed by atoms with Crippen LogP contribution in [0.2, 0.25) is 0 Å². The molecule has 0 amide bonds. The summed E-state index contributed by atoms with van der Waals surface area (Å²) in [6.45, 7) is 20.3. The van der Waals surface area contributed by atoms with Crippen molar-refractivity contribution in [2.24, 2.45) is 4.40 Å². The molecule has 0 atom stereocenters. The fraction of sp³-hybridized carbons (Fsp3) is 0.708. The van der Waals surface area contributed by atoms with Crippen LogP contribution in [-0.4, -0.2) is 36.8 Å². The molecule has 6 heteroatoms. The second-order valence-electron chi connectivity index (χ2n) is 9.70. The van der Waals surface area contributed by atoms with Crippen molar-refractivity contribution in [3.63, 3.8) is 0 Å². The maximum absolute atomic E-state index is 13.6. The number of rotatable bonds is 6. The molecule has 1 aliphatic rings. The molecule has 0 unspecified atom stereocenters. The quantitative estimate of drug-likeness (QED) is 0.422. The van der Waals surface area contributed by atoms with Crippen molar-refractivity contribution in [2.45, 2.75) is 118 Å². The second-order valence-corrected chi connectivity index (χ2v) is 11.2. The zero-order valence-corrected chi connectivity index (χ0v) is 21.3. The zero-order chi connectivity index (χ0) is 23.0. The lowest BCUT2D eigenvalue weighted by Gasteiger charge is -2.36. The normalized spacial score (nSPS) is 16.6. The number of fused-ring (bicyclic) bond motifs is 1. The Morgan fingerprint density at radius 1 is 1.07 bits per heavy atom. The highest BCUT2D eigenvalue weighted by molar-refractivity contribution is 7.90. The van der Waals surface area contributed by atoms with Gasteiger partial charge >= 0.3 is 0 Å². The van der Waals surface area contributed by atoms with E-state index in [4.69, 9.17) is 4.74 Å². The summed E-state index contributed by atoms with van der Waals surface area (Å²) < 4.78 is 37.9. The van der Waals surface area contributed by atoms with E-state index in [9.17, 15) is 8.42 Å². The van der Waals surface area contributed by atoms with Crippen molar-refractivity contribution in [1.29, 1.82) is 0 Å². The third-order valence-electron chi connectivity index (χ3n) is 6.03. The van der Waals surface area contributed by atoms with Crippen LogP contribution in [0, 0.1) is 20.8 Å². The number of hydrogen-bond acceptors (Lipinski definition) is 3. The van der Waals surface area contributed by atoms with E-state index in [1.807, 2.05) is 20.8 Å². The number of hydrogen-bond donors (Lipinski definition) is 0. The number of nitrogens with zero attached hydrogens (tertiary/aromatic N) is 2. The highest BCUT2D eigenvalue weighted by atomic mass is 32.2. The van der Waals surface area contributed by atoms with Gasteiger partial charge in [-0.15, -0.1) is 4.40 Å². The summed E-state index contributed by atoms with van der Waals surface area (Å²) in [5.41, 5.74) is 3.19. The summed E-state index contributed by atoms with van der Waals surface area (Å²) >= 11 is 0. The predicted octanol–water partition coefficient (Wildman–Crippen LogP) is 5.72. The van der Waals surface area contributed by atoms with Gasteiger partial charge in [-0.3, -0.25) is 0 Å². The molecule has 1 heterocycles. The van der Waals surface area contributed by atoms with Crippen LogP contribution in [0.25, 0.3) is 0 Å². The van der Waals surface area contributed by atoms with E-state index < -0.39 is 10.0 Å². The fourth-order valence-electron chi connectivity index (χ4n) is 4.56. The van der Waals surface area contributed by atoms with Crippen LogP contribution in [0.3, 0.4) is 0 Å². The minimum Gasteiger partial charge on any atom is -0.487 e. The molecule has 0 aromatic heterocycles. The molecule has 0 spiro atoms.